The maximum absolute atomic E-state index is 9.03. The number of fused-ring (bicyclic) bond motifs is 7. The molecule has 0 fully saturated rings. The van der Waals surface area contributed by atoms with E-state index in [1.807, 2.05) is 72.8 Å². The molecule has 0 radical (unpaired) electrons. The van der Waals surface area contributed by atoms with Gasteiger partial charge >= 0.3 is 0 Å². The molecule has 1 heteroatoms. The summed E-state index contributed by atoms with van der Waals surface area (Å²) in [6.07, 6.45) is 0. The second-order valence-electron chi connectivity index (χ2n) is 10.5. The van der Waals surface area contributed by atoms with E-state index in [4.69, 9.17) is 18.1 Å². The summed E-state index contributed by atoms with van der Waals surface area (Å²) in [5, 5.41) is 6.34. The first-order valence-electron chi connectivity index (χ1n) is 19.0. The molecule has 1 nitrogen and oxygen atoms in total. The second kappa shape index (κ2) is 9.44. The second-order valence-corrected chi connectivity index (χ2v) is 10.5. The van der Waals surface area contributed by atoms with E-state index in [9.17, 15) is 0 Å². The van der Waals surface area contributed by atoms with Crippen molar-refractivity contribution in [1.29, 1.82) is 0 Å². The summed E-state index contributed by atoms with van der Waals surface area (Å²) < 4.78 is 92.4. The van der Waals surface area contributed by atoms with Crippen LogP contribution in [0.5, 0.6) is 0 Å². The first-order valence-corrected chi connectivity index (χ1v) is 14.0. The third-order valence-electron chi connectivity index (χ3n) is 8.22. The average Bonchev–Trinajstić information content (AvgIpc) is 3.57. The molecule has 0 saturated carbocycles. The van der Waals surface area contributed by atoms with Crippen molar-refractivity contribution in [2.75, 3.05) is 0 Å². The quantitative estimate of drug-likeness (QED) is 0.197. The van der Waals surface area contributed by atoms with Crippen LogP contribution in [0.15, 0.2) is 162 Å². The summed E-state index contributed by atoms with van der Waals surface area (Å²) in [7, 11) is 0. The minimum Gasteiger partial charge on any atom is -0.455 e. The molecule has 0 bridgehead atoms. The largest absolute Gasteiger partial charge is 0.455 e. The highest BCUT2D eigenvalue weighted by Crippen LogP contribution is 2.48. The zero-order valence-electron chi connectivity index (χ0n) is 32.6. The molecule has 0 spiro atoms. The molecule has 0 aliphatic heterocycles. The van der Waals surface area contributed by atoms with Crippen LogP contribution in [0, 0.1) is 0 Å². The summed E-state index contributed by atoms with van der Waals surface area (Å²) in [5.74, 6) is 0. The lowest BCUT2D eigenvalue weighted by Gasteiger charge is -2.19. The summed E-state index contributed by atoms with van der Waals surface area (Å²) in [4.78, 5) is 0. The molecule has 0 amide bonds. The van der Waals surface area contributed by atoms with Crippen LogP contribution in [0.3, 0.4) is 0 Å². The molecule has 9 aromatic rings. The van der Waals surface area contributed by atoms with Gasteiger partial charge in [-0.25, -0.2) is 0 Å². The summed E-state index contributed by atoms with van der Waals surface area (Å²) in [5.41, 5.74) is 3.77. The zero-order valence-corrected chi connectivity index (χ0v) is 22.6. The molecule has 1 heterocycles. The number of furan rings is 1. The first-order chi connectivity index (χ1) is 25.5. The molecule has 0 N–H and O–H groups in total. The predicted octanol–water partition coefficient (Wildman–Crippen LogP) is 12.0. The molecule has 0 saturated heterocycles. The van der Waals surface area contributed by atoms with Gasteiger partial charge in [0, 0.05) is 16.2 Å². The van der Waals surface area contributed by atoms with Crippen LogP contribution in [0.1, 0.15) is 13.7 Å². The Morgan fingerprint density at radius 2 is 1.09 bits per heavy atom. The van der Waals surface area contributed by atoms with Crippen molar-refractivity contribution >= 4 is 54.3 Å². The van der Waals surface area contributed by atoms with E-state index in [1.165, 1.54) is 0 Å². The van der Waals surface area contributed by atoms with Gasteiger partial charge in [-0.2, -0.15) is 0 Å². The van der Waals surface area contributed by atoms with E-state index < -0.39 is 36.3 Å². The summed E-state index contributed by atoms with van der Waals surface area (Å²) in [6, 6.07) is 26.3. The van der Waals surface area contributed by atoms with Gasteiger partial charge in [0.15, 0.2) is 0 Å². The van der Waals surface area contributed by atoms with Gasteiger partial charge in [0.2, 0.25) is 0 Å². The Labute approximate surface area is 263 Å². The Bertz CT molecular complexity index is 3020. The van der Waals surface area contributed by atoms with Crippen LogP contribution in [-0.2, 0) is 0 Å². The maximum Gasteiger partial charge on any atom is 0.143 e. The lowest BCUT2D eigenvalue weighted by atomic mass is 9.84. The van der Waals surface area contributed by atoms with Gasteiger partial charge in [0.05, 0.1) is 13.7 Å². The minimum atomic E-state index is -0.514. The highest BCUT2D eigenvalue weighted by atomic mass is 16.3. The Hall–Kier alpha value is -5.66. The van der Waals surface area contributed by atoms with Crippen LogP contribution in [0.2, 0.25) is 0 Å². The van der Waals surface area contributed by atoms with Crippen molar-refractivity contribution in [2.45, 2.75) is 0 Å². The molecule has 43 heavy (non-hydrogen) atoms. The smallest absolute Gasteiger partial charge is 0.143 e. The SMILES string of the molecule is [2H]c1c([2H])c([2H])c(-c2ccc3c(-c4cccc5oc6c7ccccc7ccc6c45)c4ccccc4c(-c4c([2H])c([2H])c([2H])c([2H])c4[2H])c3c2)c([2H])c1[2H]. The Balaban J connectivity index is 1.49. The molecule has 1 aromatic heterocycles. The molecule has 200 valence electrons. The van der Waals surface area contributed by atoms with E-state index in [-0.39, 0.29) is 35.3 Å². The minimum absolute atomic E-state index is 0.000371. The molecule has 0 aliphatic rings. The Kier molecular flexibility index (Phi) is 3.53. The third kappa shape index (κ3) is 3.65. The van der Waals surface area contributed by atoms with Crippen molar-refractivity contribution < 1.29 is 18.1 Å². The van der Waals surface area contributed by atoms with E-state index >= 15 is 0 Å². The predicted molar refractivity (Wildman–Crippen MR) is 183 cm³/mol. The fourth-order valence-corrected chi connectivity index (χ4v) is 6.42. The number of benzene rings is 8. The summed E-state index contributed by atoms with van der Waals surface area (Å²) in [6.45, 7) is 0. The zero-order chi connectivity index (χ0) is 37.0. The van der Waals surface area contributed by atoms with Crippen LogP contribution < -0.4 is 0 Å². The van der Waals surface area contributed by atoms with Crippen LogP contribution in [0.25, 0.3) is 87.6 Å². The standard InChI is InChI=1S/C42H26O/c1-3-12-27(13-4-1)30-23-24-34-37(26-30)39(29-15-5-2-6-16-29)32-18-9-10-19-33(32)40(34)35-20-11-21-38-41(35)36-25-22-28-14-7-8-17-31(28)42(36)43-38/h1-26H/i1D,2D,3D,4D,5D,6D,12D,13D,15D,16D. The van der Waals surface area contributed by atoms with Crippen molar-refractivity contribution in [3.05, 3.63) is 157 Å². The average molecular weight is 557 g/mol. The third-order valence-corrected chi connectivity index (χ3v) is 8.22. The lowest BCUT2D eigenvalue weighted by molar-refractivity contribution is 0.673. The molecule has 0 aliphatic carbocycles. The Morgan fingerprint density at radius 1 is 0.442 bits per heavy atom. The molecular weight excluding hydrogens is 520 g/mol. The fraction of sp³-hybridized carbons (Fsp3) is 0. The van der Waals surface area contributed by atoms with E-state index in [2.05, 4.69) is 12.1 Å². The van der Waals surface area contributed by atoms with Gasteiger partial charge in [-0.3, -0.25) is 0 Å². The van der Waals surface area contributed by atoms with Gasteiger partial charge in [-0.05, 0) is 78.5 Å². The normalized spacial score (nSPS) is 15.0. The number of hydrogen-bond acceptors (Lipinski definition) is 1. The molecule has 0 atom stereocenters. The lowest BCUT2D eigenvalue weighted by Crippen LogP contribution is -1.92. The topological polar surface area (TPSA) is 13.1 Å². The van der Waals surface area contributed by atoms with Crippen LogP contribution in [-0.4, -0.2) is 0 Å². The van der Waals surface area contributed by atoms with Gasteiger partial charge in [-0.1, -0.05) is 139 Å². The van der Waals surface area contributed by atoms with Crippen molar-refractivity contribution in [1.82, 2.24) is 0 Å². The molecule has 9 rings (SSSR count). The first kappa shape index (κ1) is 16.1. The van der Waals surface area contributed by atoms with Gasteiger partial charge in [-0.15, -0.1) is 0 Å². The molecular formula is C42H26O. The van der Waals surface area contributed by atoms with Crippen LogP contribution >= 0.6 is 0 Å². The van der Waals surface area contributed by atoms with Crippen LogP contribution in [0.4, 0.5) is 0 Å². The van der Waals surface area contributed by atoms with Gasteiger partial charge in [0.1, 0.15) is 11.2 Å². The highest BCUT2D eigenvalue weighted by Gasteiger charge is 2.21. The van der Waals surface area contributed by atoms with Crippen molar-refractivity contribution in [3.63, 3.8) is 0 Å². The Morgan fingerprint density at radius 3 is 1.88 bits per heavy atom. The monoisotopic (exact) mass is 556 g/mol. The number of hydrogen-bond donors (Lipinski definition) is 0. The van der Waals surface area contributed by atoms with Crippen molar-refractivity contribution in [2.24, 2.45) is 0 Å². The molecule has 0 unspecified atom stereocenters. The van der Waals surface area contributed by atoms with Gasteiger partial charge in [0.25, 0.3) is 0 Å². The molecule has 8 aromatic carbocycles. The van der Waals surface area contributed by atoms with Gasteiger partial charge < -0.3 is 4.42 Å². The highest BCUT2D eigenvalue weighted by molar-refractivity contribution is 6.27. The van der Waals surface area contributed by atoms with Crippen molar-refractivity contribution in [3.8, 4) is 33.4 Å². The summed E-state index contributed by atoms with van der Waals surface area (Å²) >= 11 is 0. The van der Waals surface area contributed by atoms with E-state index in [0.717, 1.165) is 43.6 Å². The number of rotatable bonds is 3. The maximum atomic E-state index is 9.03. The van der Waals surface area contributed by atoms with E-state index in [0.29, 0.717) is 32.9 Å². The van der Waals surface area contributed by atoms with E-state index in [1.54, 1.807) is 12.1 Å². The fourth-order valence-electron chi connectivity index (χ4n) is 6.42.